The maximum Gasteiger partial charge on any atom is 0.416 e. The maximum atomic E-state index is 13.0. The summed E-state index contributed by atoms with van der Waals surface area (Å²) in [6, 6.07) is 3.25. The van der Waals surface area contributed by atoms with Crippen molar-refractivity contribution in [3.63, 3.8) is 0 Å². The van der Waals surface area contributed by atoms with Crippen LogP contribution < -0.4 is 5.32 Å². The Bertz CT molecular complexity index is 1180. The Kier molecular flexibility index (Phi) is 7.43. The van der Waals surface area contributed by atoms with Crippen molar-refractivity contribution in [3.05, 3.63) is 29.8 Å². The largest absolute Gasteiger partial charge is 0.465 e. The van der Waals surface area contributed by atoms with E-state index in [2.05, 4.69) is 10.5 Å². The summed E-state index contributed by atoms with van der Waals surface area (Å²) in [6.45, 7) is 2.23. The third-order valence-corrected chi connectivity index (χ3v) is 9.20. The van der Waals surface area contributed by atoms with E-state index in [0.29, 0.717) is 31.9 Å². The first-order valence-corrected chi connectivity index (χ1v) is 13.5. The van der Waals surface area contributed by atoms with Gasteiger partial charge in [0.15, 0.2) is 0 Å². The number of alkyl halides is 3. The molecule has 0 aromatic heterocycles. The summed E-state index contributed by atoms with van der Waals surface area (Å²) in [7, 11) is -4.14. The van der Waals surface area contributed by atoms with E-state index in [1.54, 1.807) is 0 Å². The van der Waals surface area contributed by atoms with Crippen molar-refractivity contribution in [1.82, 2.24) is 14.5 Å². The van der Waals surface area contributed by atoms with Gasteiger partial charge in [0.1, 0.15) is 11.3 Å². The van der Waals surface area contributed by atoms with Gasteiger partial charge in [0.25, 0.3) is 5.91 Å². The molecular formula is C23H29F3N4O6S. The van der Waals surface area contributed by atoms with Crippen LogP contribution in [0.15, 0.2) is 34.3 Å². The summed E-state index contributed by atoms with van der Waals surface area (Å²) in [4.78, 5) is 30.7. The van der Waals surface area contributed by atoms with Gasteiger partial charge in [-0.25, -0.2) is 13.2 Å². The van der Waals surface area contributed by atoms with Crippen molar-refractivity contribution in [2.45, 2.75) is 74.2 Å². The minimum atomic E-state index is -4.66. The molecule has 0 radical (unpaired) electrons. The van der Waals surface area contributed by atoms with Crippen LogP contribution in [-0.4, -0.2) is 77.8 Å². The van der Waals surface area contributed by atoms with Crippen molar-refractivity contribution in [1.29, 1.82) is 0 Å². The van der Waals surface area contributed by atoms with Crippen LogP contribution in [0.4, 0.5) is 18.0 Å². The SMILES string of the molecule is CCC1CC(NC(=O)C2=NOC3(CCN(S(=O)(=O)c4cccc(C(F)(F)F)c4)CC3)C2)CCN1C(=O)O. The number of benzene rings is 1. The Hall–Kier alpha value is -2.87. The first-order valence-electron chi connectivity index (χ1n) is 12.1. The number of nitrogens with one attached hydrogen (secondary N) is 1. The molecule has 1 aromatic carbocycles. The molecule has 2 fully saturated rings. The molecule has 3 aliphatic rings. The molecule has 4 rings (SSSR count). The molecule has 2 amide bonds. The smallest absolute Gasteiger partial charge is 0.416 e. The number of hydrogen-bond donors (Lipinski definition) is 2. The second kappa shape index (κ2) is 10.1. The van der Waals surface area contributed by atoms with Gasteiger partial charge in [-0.2, -0.15) is 17.5 Å². The Labute approximate surface area is 212 Å². The monoisotopic (exact) mass is 546 g/mol. The number of piperidine rings is 2. The molecule has 2 saturated heterocycles. The number of carboxylic acid groups (broad SMARTS) is 1. The lowest BCUT2D eigenvalue weighted by atomic mass is 9.87. The van der Waals surface area contributed by atoms with Gasteiger partial charge in [-0.3, -0.25) is 4.79 Å². The second-order valence-corrected chi connectivity index (χ2v) is 11.6. The molecule has 14 heteroatoms. The number of carbonyl (C=O) groups excluding carboxylic acids is 1. The fourth-order valence-corrected chi connectivity index (χ4v) is 6.61. The summed E-state index contributed by atoms with van der Waals surface area (Å²) < 4.78 is 66.2. The predicted molar refractivity (Wildman–Crippen MR) is 125 cm³/mol. The lowest BCUT2D eigenvalue weighted by Gasteiger charge is -2.37. The average Bonchev–Trinajstić information content (AvgIpc) is 3.27. The molecule has 2 unspecified atom stereocenters. The zero-order valence-electron chi connectivity index (χ0n) is 20.2. The summed E-state index contributed by atoms with van der Waals surface area (Å²) in [5.41, 5.74) is -1.71. The minimum Gasteiger partial charge on any atom is -0.465 e. The zero-order chi connectivity index (χ0) is 27.0. The normalized spacial score (nSPS) is 24.4. The van der Waals surface area contributed by atoms with Crippen LogP contribution in [-0.2, 0) is 25.8 Å². The van der Waals surface area contributed by atoms with E-state index in [1.165, 1.54) is 4.90 Å². The van der Waals surface area contributed by atoms with Gasteiger partial charge in [0, 0.05) is 51.0 Å². The Balaban J connectivity index is 1.33. The Morgan fingerprint density at radius 3 is 2.57 bits per heavy atom. The molecule has 37 heavy (non-hydrogen) atoms. The number of sulfonamides is 1. The summed E-state index contributed by atoms with van der Waals surface area (Å²) >= 11 is 0. The van der Waals surface area contributed by atoms with E-state index >= 15 is 0 Å². The van der Waals surface area contributed by atoms with Gasteiger partial charge in [0.2, 0.25) is 10.0 Å². The first-order chi connectivity index (χ1) is 17.3. The van der Waals surface area contributed by atoms with Gasteiger partial charge >= 0.3 is 12.3 Å². The molecule has 3 aliphatic heterocycles. The molecule has 1 aromatic rings. The Morgan fingerprint density at radius 2 is 1.95 bits per heavy atom. The standard InChI is InChI=1S/C23H29F3N4O6S/c1-2-17-13-16(6-9-30(17)21(32)33)27-20(31)19-14-22(36-28-19)7-10-29(11-8-22)37(34,35)18-5-3-4-15(12-18)23(24,25)26/h3-5,12,16-17H,2,6-11,13-14H2,1H3,(H,27,31)(H,32,33). The highest BCUT2D eigenvalue weighted by Gasteiger charge is 2.46. The van der Waals surface area contributed by atoms with Gasteiger partial charge in [-0.05, 0) is 37.5 Å². The maximum absolute atomic E-state index is 13.0. The molecule has 0 bridgehead atoms. The van der Waals surface area contributed by atoms with Gasteiger partial charge in [-0.15, -0.1) is 0 Å². The van der Waals surface area contributed by atoms with Gasteiger partial charge < -0.3 is 20.2 Å². The van der Waals surface area contributed by atoms with Crippen LogP contribution in [0, 0.1) is 0 Å². The van der Waals surface area contributed by atoms with Crippen molar-refractivity contribution in [2.75, 3.05) is 19.6 Å². The lowest BCUT2D eigenvalue weighted by Crippen LogP contribution is -2.52. The number of oxime groups is 1. The average molecular weight is 547 g/mol. The molecule has 204 valence electrons. The van der Waals surface area contributed by atoms with Crippen LogP contribution in [0.1, 0.15) is 51.0 Å². The van der Waals surface area contributed by atoms with Gasteiger partial charge in [0.05, 0.1) is 10.5 Å². The van der Waals surface area contributed by atoms with Crippen LogP contribution in [0.2, 0.25) is 0 Å². The van der Waals surface area contributed by atoms with E-state index in [9.17, 15) is 36.3 Å². The summed E-state index contributed by atoms with van der Waals surface area (Å²) in [5, 5.41) is 16.2. The molecule has 3 heterocycles. The van der Waals surface area contributed by atoms with E-state index in [-0.39, 0.29) is 50.1 Å². The first kappa shape index (κ1) is 27.2. The van der Waals surface area contributed by atoms with Crippen LogP contribution in [0.3, 0.4) is 0 Å². The fourth-order valence-electron chi connectivity index (χ4n) is 5.12. The zero-order valence-corrected chi connectivity index (χ0v) is 21.0. The molecule has 1 spiro atoms. The highest BCUT2D eigenvalue weighted by Crippen LogP contribution is 2.37. The minimum absolute atomic E-state index is 0.00876. The number of halogens is 3. The van der Waals surface area contributed by atoms with Crippen molar-refractivity contribution in [3.8, 4) is 0 Å². The highest BCUT2D eigenvalue weighted by atomic mass is 32.2. The van der Waals surface area contributed by atoms with E-state index in [4.69, 9.17) is 4.84 Å². The number of amides is 2. The molecule has 0 saturated carbocycles. The van der Waals surface area contributed by atoms with Crippen molar-refractivity contribution < 1.29 is 41.1 Å². The lowest BCUT2D eigenvalue weighted by molar-refractivity contribution is -0.137. The fraction of sp³-hybridized carbons (Fsp3) is 0.609. The van der Waals surface area contributed by atoms with Crippen LogP contribution >= 0.6 is 0 Å². The summed E-state index contributed by atoms with van der Waals surface area (Å²) in [6.07, 6.45) is -3.40. The second-order valence-electron chi connectivity index (χ2n) is 9.65. The number of likely N-dealkylation sites (tertiary alicyclic amines) is 1. The number of hydrogen-bond acceptors (Lipinski definition) is 6. The molecule has 2 atom stereocenters. The van der Waals surface area contributed by atoms with Crippen molar-refractivity contribution >= 4 is 27.7 Å². The molecule has 2 N–H and O–H groups in total. The quantitative estimate of drug-likeness (QED) is 0.584. The van der Waals surface area contributed by atoms with E-state index in [1.807, 2.05) is 6.92 Å². The van der Waals surface area contributed by atoms with Crippen molar-refractivity contribution in [2.24, 2.45) is 5.16 Å². The third kappa shape index (κ3) is 5.69. The van der Waals surface area contributed by atoms with Gasteiger partial charge in [-0.1, -0.05) is 18.1 Å². The Morgan fingerprint density at radius 1 is 1.24 bits per heavy atom. The molecule has 10 nitrogen and oxygen atoms in total. The summed E-state index contributed by atoms with van der Waals surface area (Å²) in [5.74, 6) is -0.403. The topological polar surface area (TPSA) is 129 Å². The van der Waals surface area contributed by atoms with E-state index < -0.39 is 44.3 Å². The van der Waals surface area contributed by atoms with Crippen LogP contribution in [0.5, 0.6) is 0 Å². The molecule has 0 aliphatic carbocycles. The highest BCUT2D eigenvalue weighted by molar-refractivity contribution is 7.89. The number of carbonyl (C=O) groups is 2. The van der Waals surface area contributed by atoms with E-state index in [0.717, 1.165) is 22.5 Å². The number of nitrogens with zero attached hydrogens (tertiary/aromatic N) is 3. The predicted octanol–water partition coefficient (Wildman–Crippen LogP) is 3.04. The number of rotatable bonds is 5. The molecular weight excluding hydrogens is 517 g/mol. The van der Waals surface area contributed by atoms with Crippen LogP contribution in [0.25, 0.3) is 0 Å². The third-order valence-electron chi connectivity index (χ3n) is 7.30.